The first kappa shape index (κ1) is 16.2. The fraction of sp³-hybridized carbons (Fsp3) is 0.278. The Morgan fingerprint density at radius 3 is 2.55 bits per heavy atom. The summed E-state index contributed by atoms with van der Waals surface area (Å²) >= 11 is 0. The number of aromatic carboxylic acids is 1. The van der Waals surface area contributed by atoms with Gasteiger partial charge < -0.3 is 15.6 Å². The fourth-order valence-corrected chi connectivity index (χ4v) is 2.36. The molecular formula is C18H21NO3. The highest BCUT2D eigenvalue weighted by atomic mass is 16.5. The van der Waals surface area contributed by atoms with Crippen LogP contribution in [0.3, 0.4) is 0 Å². The van der Waals surface area contributed by atoms with Crippen molar-refractivity contribution in [2.75, 3.05) is 6.61 Å². The van der Waals surface area contributed by atoms with Crippen molar-refractivity contribution in [2.24, 2.45) is 5.73 Å². The van der Waals surface area contributed by atoms with Crippen molar-refractivity contribution < 1.29 is 14.6 Å². The number of ether oxygens (including phenoxy) is 1. The van der Waals surface area contributed by atoms with Crippen LogP contribution in [0.5, 0.6) is 0 Å². The van der Waals surface area contributed by atoms with Gasteiger partial charge in [0.1, 0.15) is 0 Å². The molecule has 0 unspecified atom stereocenters. The minimum atomic E-state index is -0.908. The van der Waals surface area contributed by atoms with Crippen molar-refractivity contribution in [3.63, 3.8) is 0 Å². The quantitative estimate of drug-likeness (QED) is 0.824. The number of carboxylic acid groups (broad SMARTS) is 1. The van der Waals surface area contributed by atoms with Crippen molar-refractivity contribution in [2.45, 2.75) is 26.0 Å². The molecule has 0 aliphatic rings. The van der Waals surface area contributed by atoms with Crippen LogP contribution < -0.4 is 5.73 Å². The Labute approximate surface area is 130 Å². The maximum absolute atomic E-state index is 11.0. The summed E-state index contributed by atoms with van der Waals surface area (Å²) in [6.45, 7) is 2.69. The number of aryl methyl sites for hydroxylation is 1. The maximum Gasteiger partial charge on any atom is 0.335 e. The van der Waals surface area contributed by atoms with E-state index in [1.54, 1.807) is 19.1 Å². The first-order valence-electron chi connectivity index (χ1n) is 7.26. The van der Waals surface area contributed by atoms with Crippen molar-refractivity contribution in [1.29, 1.82) is 0 Å². The molecule has 2 rings (SSSR count). The van der Waals surface area contributed by atoms with E-state index in [0.29, 0.717) is 18.8 Å². The molecule has 116 valence electrons. The third-order valence-corrected chi connectivity index (χ3v) is 3.46. The average molecular weight is 299 g/mol. The van der Waals surface area contributed by atoms with Gasteiger partial charge in [-0.2, -0.15) is 0 Å². The third kappa shape index (κ3) is 4.69. The van der Waals surface area contributed by atoms with Gasteiger partial charge in [-0.15, -0.1) is 0 Å². The van der Waals surface area contributed by atoms with Crippen LogP contribution in [0.15, 0.2) is 48.5 Å². The van der Waals surface area contributed by atoms with Crippen LogP contribution in [-0.2, 0) is 17.8 Å². The molecule has 0 radical (unpaired) electrons. The van der Waals surface area contributed by atoms with Crippen LogP contribution in [0.4, 0.5) is 0 Å². The maximum atomic E-state index is 11.0. The van der Waals surface area contributed by atoms with E-state index in [1.165, 1.54) is 5.56 Å². The molecular weight excluding hydrogens is 278 g/mol. The molecule has 0 amide bonds. The van der Waals surface area contributed by atoms with E-state index in [9.17, 15) is 4.79 Å². The minimum Gasteiger partial charge on any atom is -0.478 e. The zero-order chi connectivity index (χ0) is 15.9. The molecule has 4 nitrogen and oxygen atoms in total. The lowest BCUT2D eigenvalue weighted by Gasteiger charge is -2.13. The van der Waals surface area contributed by atoms with Crippen molar-refractivity contribution in [3.8, 4) is 0 Å². The van der Waals surface area contributed by atoms with Gasteiger partial charge in [0.25, 0.3) is 0 Å². The minimum absolute atomic E-state index is 0.0539. The van der Waals surface area contributed by atoms with Crippen LogP contribution in [0.25, 0.3) is 0 Å². The first-order valence-corrected chi connectivity index (χ1v) is 7.26. The molecule has 2 aromatic rings. The molecule has 0 aromatic heterocycles. The van der Waals surface area contributed by atoms with E-state index in [-0.39, 0.29) is 6.04 Å². The van der Waals surface area contributed by atoms with E-state index in [1.807, 2.05) is 36.4 Å². The number of carbonyl (C=O) groups is 1. The number of hydrogen-bond donors (Lipinski definition) is 2. The number of hydrogen-bond acceptors (Lipinski definition) is 3. The van der Waals surface area contributed by atoms with Gasteiger partial charge in [0.2, 0.25) is 0 Å². The summed E-state index contributed by atoms with van der Waals surface area (Å²) in [6.07, 6.45) is 0.776. The smallest absolute Gasteiger partial charge is 0.335 e. The highest BCUT2D eigenvalue weighted by molar-refractivity contribution is 5.89. The number of benzene rings is 2. The van der Waals surface area contributed by atoms with E-state index in [4.69, 9.17) is 15.6 Å². The predicted octanol–water partition coefficient (Wildman–Crippen LogP) is 2.78. The van der Waals surface area contributed by atoms with Gasteiger partial charge in [-0.3, -0.25) is 0 Å². The molecule has 1 atom stereocenters. The largest absolute Gasteiger partial charge is 0.478 e. The van der Waals surface area contributed by atoms with Crippen molar-refractivity contribution in [1.82, 2.24) is 0 Å². The van der Waals surface area contributed by atoms with Gasteiger partial charge in [-0.25, -0.2) is 4.79 Å². The number of rotatable bonds is 7. The molecule has 3 N–H and O–H groups in total. The van der Waals surface area contributed by atoms with E-state index in [2.05, 4.69) is 0 Å². The lowest BCUT2D eigenvalue weighted by atomic mass is 10.1. The van der Waals surface area contributed by atoms with Crippen molar-refractivity contribution >= 4 is 5.97 Å². The van der Waals surface area contributed by atoms with E-state index < -0.39 is 5.97 Å². The predicted molar refractivity (Wildman–Crippen MR) is 85.9 cm³/mol. The lowest BCUT2D eigenvalue weighted by molar-refractivity contribution is 0.0696. The van der Waals surface area contributed by atoms with Gasteiger partial charge in [-0.05, 0) is 36.1 Å². The SMILES string of the molecule is Cc1cc(COC[C@@H](N)Cc2ccccc2)ccc1C(=O)O. The second kappa shape index (κ2) is 7.73. The van der Waals surface area contributed by atoms with E-state index >= 15 is 0 Å². The fourth-order valence-electron chi connectivity index (χ4n) is 2.36. The summed E-state index contributed by atoms with van der Waals surface area (Å²) in [5.41, 5.74) is 9.27. The Kier molecular flexibility index (Phi) is 5.69. The van der Waals surface area contributed by atoms with Gasteiger partial charge in [0, 0.05) is 6.04 Å². The summed E-state index contributed by atoms with van der Waals surface area (Å²) in [6, 6.07) is 15.2. The molecule has 0 fully saturated rings. The second-order valence-electron chi connectivity index (χ2n) is 5.42. The van der Waals surface area contributed by atoms with Crippen LogP contribution in [0.2, 0.25) is 0 Å². The molecule has 0 saturated heterocycles. The van der Waals surface area contributed by atoms with Gasteiger partial charge in [0.05, 0.1) is 18.8 Å². The Morgan fingerprint density at radius 2 is 1.91 bits per heavy atom. The summed E-state index contributed by atoms with van der Waals surface area (Å²) in [4.78, 5) is 11.0. The van der Waals surface area contributed by atoms with Crippen LogP contribution in [0, 0.1) is 6.92 Å². The molecule has 0 spiro atoms. The molecule has 0 bridgehead atoms. The Bertz CT molecular complexity index is 625. The lowest BCUT2D eigenvalue weighted by Crippen LogP contribution is -2.28. The highest BCUT2D eigenvalue weighted by Crippen LogP contribution is 2.12. The van der Waals surface area contributed by atoms with Crippen LogP contribution >= 0.6 is 0 Å². The molecule has 0 aliphatic heterocycles. The van der Waals surface area contributed by atoms with Crippen LogP contribution in [0.1, 0.15) is 27.0 Å². The average Bonchev–Trinajstić information content (AvgIpc) is 2.48. The summed E-state index contributed by atoms with van der Waals surface area (Å²) in [5.74, 6) is -0.908. The molecule has 2 aromatic carbocycles. The monoisotopic (exact) mass is 299 g/mol. The van der Waals surface area contributed by atoms with Crippen molar-refractivity contribution in [3.05, 3.63) is 70.8 Å². The zero-order valence-corrected chi connectivity index (χ0v) is 12.7. The normalized spacial score (nSPS) is 12.1. The molecule has 4 heteroatoms. The Hall–Kier alpha value is -2.17. The van der Waals surface area contributed by atoms with Gasteiger partial charge >= 0.3 is 5.97 Å². The highest BCUT2D eigenvalue weighted by Gasteiger charge is 2.08. The van der Waals surface area contributed by atoms with Crippen LogP contribution in [-0.4, -0.2) is 23.7 Å². The van der Waals surface area contributed by atoms with E-state index in [0.717, 1.165) is 17.5 Å². The summed E-state index contributed by atoms with van der Waals surface area (Å²) in [7, 11) is 0. The molecule has 0 saturated carbocycles. The topological polar surface area (TPSA) is 72.5 Å². The number of carboxylic acids is 1. The molecule has 0 heterocycles. The summed E-state index contributed by atoms with van der Waals surface area (Å²) in [5, 5.41) is 9.00. The standard InChI is InChI=1S/C18H21NO3/c1-13-9-15(7-8-17(13)18(20)21)11-22-12-16(19)10-14-5-3-2-4-6-14/h2-9,16H,10-12,19H2,1H3,(H,20,21)/t16-/m0/s1. The molecule has 0 aliphatic carbocycles. The molecule has 22 heavy (non-hydrogen) atoms. The van der Waals surface area contributed by atoms with Gasteiger partial charge in [0.15, 0.2) is 0 Å². The second-order valence-corrected chi connectivity index (χ2v) is 5.42. The summed E-state index contributed by atoms with van der Waals surface area (Å²) < 4.78 is 5.64. The Morgan fingerprint density at radius 1 is 1.18 bits per heavy atom. The Balaban J connectivity index is 1.81. The zero-order valence-electron chi connectivity index (χ0n) is 12.7. The third-order valence-electron chi connectivity index (χ3n) is 3.46. The first-order chi connectivity index (χ1) is 10.6. The number of nitrogens with two attached hydrogens (primary N) is 1. The van der Waals surface area contributed by atoms with Gasteiger partial charge in [-0.1, -0.05) is 42.5 Å².